The zero-order chi connectivity index (χ0) is 15.2. The Labute approximate surface area is 127 Å². The first-order valence-electron chi connectivity index (χ1n) is 7.85. The summed E-state index contributed by atoms with van der Waals surface area (Å²) >= 11 is 0. The summed E-state index contributed by atoms with van der Waals surface area (Å²) in [5.74, 6) is 1.04. The average Bonchev–Trinajstić information content (AvgIpc) is 2.47. The molecule has 116 valence electrons. The van der Waals surface area contributed by atoms with E-state index in [1.807, 2.05) is 38.1 Å². The molecule has 0 saturated heterocycles. The molecule has 1 aromatic rings. The van der Waals surface area contributed by atoms with Crippen molar-refractivity contribution < 1.29 is 9.53 Å². The van der Waals surface area contributed by atoms with Crippen molar-refractivity contribution in [3.05, 3.63) is 29.8 Å². The molecule has 1 aromatic carbocycles. The molecule has 0 radical (unpaired) electrons. The molecule has 3 unspecified atom stereocenters. The maximum absolute atomic E-state index is 12.3. The van der Waals surface area contributed by atoms with E-state index in [-0.39, 0.29) is 23.9 Å². The fourth-order valence-corrected chi connectivity index (χ4v) is 2.68. The van der Waals surface area contributed by atoms with E-state index in [1.165, 1.54) is 0 Å². The summed E-state index contributed by atoms with van der Waals surface area (Å²) in [5.41, 5.74) is 6.83. The van der Waals surface area contributed by atoms with E-state index in [0.717, 1.165) is 37.0 Å². The Balaban J connectivity index is 1.88. The minimum Gasteiger partial charge on any atom is -0.493 e. The molecule has 0 bridgehead atoms. The molecule has 1 aliphatic rings. The minimum absolute atomic E-state index is 0.0266. The van der Waals surface area contributed by atoms with Gasteiger partial charge in [-0.3, -0.25) is 4.79 Å². The van der Waals surface area contributed by atoms with Crippen molar-refractivity contribution in [2.24, 2.45) is 11.7 Å². The molecule has 3 N–H and O–H groups in total. The van der Waals surface area contributed by atoms with Gasteiger partial charge in [0.05, 0.1) is 12.6 Å². The lowest BCUT2D eigenvalue weighted by atomic mass is 9.97. The second-order valence-corrected chi connectivity index (χ2v) is 6.05. The number of carbonyl (C=O) groups excluding carboxylic acids is 1. The summed E-state index contributed by atoms with van der Waals surface area (Å²) in [5, 5.41) is 3.16. The predicted molar refractivity (Wildman–Crippen MR) is 84.1 cm³/mol. The van der Waals surface area contributed by atoms with Crippen LogP contribution in [0.3, 0.4) is 0 Å². The predicted octanol–water partition coefficient (Wildman–Crippen LogP) is 2.78. The first kappa shape index (κ1) is 15.8. The topological polar surface area (TPSA) is 64.4 Å². The van der Waals surface area contributed by atoms with E-state index in [0.29, 0.717) is 6.61 Å². The number of benzene rings is 1. The second kappa shape index (κ2) is 7.46. The van der Waals surface area contributed by atoms with Gasteiger partial charge in [0.1, 0.15) is 5.75 Å². The van der Waals surface area contributed by atoms with Crippen LogP contribution in [0.2, 0.25) is 0 Å². The van der Waals surface area contributed by atoms with Crippen molar-refractivity contribution in [3.63, 3.8) is 0 Å². The lowest BCUT2D eigenvalue weighted by Gasteiger charge is -2.27. The zero-order valence-corrected chi connectivity index (χ0v) is 13.0. The highest BCUT2D eigenvalue weighted by Crippen LogP contribution is 2.31. The molecule has 2 rings (SSSR count). The molecule has 0 aliphatic carbocycles. The van der Waals surface area contributed by atoms with Crippen LogP contribution >= 0.6 is 0 Å². The molecule has 3 atom stereocenters. The molecule has 0 aromatic heterocycles. The first-order valence-corrected chi connectivity index (χ1v) is 7.85. The van der Waals surface area contributed by atoms with Gasteiger partial charge in [0.15, 0.2) is 0 Å². The van der Waals surface area contributed by atoms with Gasteiger partial charge in [-0.2, -0.15) is 0 Å². The smallest absolute Gasteiger partial charge is 0.223 e. The lowest BCUT2D eigenvalue weighted by molar-refractivity contribution is -0.125. The van der Waals surface area contributed by atoms with Crippen LogP contribution in [0, 0.1) is 5.92 Å². The Hall–Kier alpha value is -1.55. The molecule has 1 aliphatic heterocycles. The summed E-state index contributed by atoms with van der Waals surface area (Å²) in [6.45, 7) is 4.65. The molecule has 0 fully saturated rings. The average molecular weight is 290 g/mol. The Morgan fingerprint density at radius 3 is 2.90 bits per heavy atom. The van der Waals surface area contributed by atoms with Gasteiger partial charge in [0.25, 0.3) is 0 Å². The van der Waals surface area contributed by atoms with Crippen molar-refractivity contribution in [2.45, 2.75) is 51.6 Å². The van der Waals surface area contributed by atoms with Gasteiger partial charge in [-0.25, -0.2) is 0 Å². The Bertz CT molecular complexity index is 474. The third-order valence-electron chi connectivity index (χ3n) is 4.02. The molecule has 1 amide bonds. The van der Waals surface area contributed by atoms with Gasteiger partial charge < -0.3 is 15.8 Å². The number of rotatable bonds is 6. The summed E-state index contributed by atoms with van der Waals surface area (Å²) in [6.07, 6.45) is 3.68. The number of hydrogen-bond donors (Lipinski definition) is 2. The number of hydrogen-bond acceptors (Lipinski definition) is 3. The van der Waals surface area contributed by atoms with Crippen molar-refractivity contribution in [1.29, 1.82) is 0 Å². The van der Waals surface area contributed by atoms with Crippen LogP contribution < -0.4 is 15.8 Å². The third kappa shape index (κ3) is 4.46. The number of carbonyl (C=O) groups is 1. The van der Waals surface area contributed by atoms with Crippen molar-refractivity contribution in [3.8, 4) is 5.75 Å². The Kier molecular flexibility index (Phi) is 5.62. The number of para-hydroxylation sites is 1. The molecule has 1 heterocycles. The SMILES string of the molecule is CC(N)CCCC(C)C(=O)NC1CCOc2ccccc21. The van der Waals surface area contributed by atoms with Crippen molar-refractivity contribution in [2.75, 3.05) is 6.61 Å². The quantitative estimate of drug-likeness (QED) is 0.846. The number of nitrogens with one attached hydrogen (secondary N) is 1. The maximum Gasteiger partial charge on any atom is 0.223 e. The lowest BCUT2D eigenvalue weighted by Crippen LogP contribution is -2.35. The summed E-state index contributed by atoms with van der Waals surface area (Å²) in [7, 11) is 0. The van der Waals surface area contributed by atoms with E-state index >= 15 is 0 Å². The highest BCUT2D eigenvalue weighted by Gasteiger charge is 2.24. The van der Waals surface area contributed by atoms with Gasteiger partial charge in [0.2, 0.25) is 5.91 Å². The van der Waals surface area contributed by atoms with Crippen molar-refractivity contribution in [1.82, 2.24) is 5.32 Å². The molecule has 0 spiro atoms. The summed E-state index contributed by atoms with van der Waals surface area (Å²) < 4.78 is 5.62. The maximum atomic E-state index is 12.3. The van der Waals surface area contributed by atoms with E-state index in [4.69, 9.17) is 10.5 Å². The van der Waals surface area contributed by atoms with Gasteiger partial charge in [0, 0.05) is 23.9 Å². The monoisotopic (exact) mass is 290 g/mol. The van der Waals surface area contributed by atoms with Crippen LogP contribution in [0.5, 0.6) is 5.75 Å². The van der Waals surface area contributed by atoms with E-state index in [2.05, 4.69) is 5.32 Å². The van der Waals surface area contributed by atoms with Crippen LogP contribution in [0.4, 0.5) is 0 Å². The number of ether oxygens (including phenoxy) is 1. The Morgan fingerprint density at radius 2 is 2.14 bits per heavy atom. The highest BCUT2D eigenvalue weighted by molar-refractivity contribution is 5.78. The molecule has 21 heavy (non-hydrogen) atoms. The van der Waals surface area contributed by atoms with E-state index in [9.17, 15) is 4.79 Å². The number of fused-ring (bicyclic) bond motifs is 1. The van der Waals surface area contributed by atoms with Crippen LogP contribution in [-0.4, -0.2) is 18.6 Å². The van der Waals surface area contributed by atoms with Gasteiger partial charge >= 0.3 is 0 Å². The fourth-order valence-electron chi connectivity index (χ4n) is 2.68. The third-order valence-corrected chi connectivity index (χ3v) is 4.02. The van der Waals surface area contributed by atoms with Crippen LogP contribution in [0.1, 0.15) is 51.1 Å². The van der Waals surface area contributed by atoms with Gasteiger partial charge in [-0.1, -0.05) is 31.5 Å². The molecule has 4 heteroatoms. The van der Waals surface area contributed by atoms with E-state index < -0.39 is 0 Å². The molecular weight excluding hydrogens is 264 g/mol. The second-order valence-electron chi connectivity index (χ2n) is 6.05. The Morgan fingerprint density at radius 1 is 1.38 bits per heavy atom. The minimum atomic E-state index is 0.0266. The largest absolute Gasteiger partial charge is 0.493 e. The highest BCUT2D eigenvalue weighted by atomic mass is 16.5. The first-order chi connectivity index (χ1) is 10.1. The van der Waals surface area contributed by atoms with Gasteiger partial charge in [-0.15, -0.1) is 0 Å². The van der Waals surface area contributed by atoms with Crippen LogP contribution in [-0.2, 0) is 4.79 Å². The number of amides is 1. The molecular formula is C17H26N2O2. The number of nitrogens with two attached hydrogens (primary N) is 1. The summed E-state index contributed by atoms with van der Waals surface area (Å²) in [4.78, 5) is 12.3. The normalized spacial score (nSPS) is 20.0. The standard InChI is InChI=1S/C17H26N2O2/c1-12(6-5-7-13(2)18)17(20)19-15-10-11-21-16-9-4-3-8-14(15)16/h3-4,8-9,12-13,15H,5-7,10-11,18H2,1-2H3,(H,19,20). The van der Waals surface area contributed by atoms with Gasteiger partial charge in [-0.05, 0) is 25.8 Å². The molecule has 0 saturated carbocycles. The van der Waals surface area contributed by atoms with Crippen molar-refractivity contribution >= 4 is 5.91 Å². The molecule has 4 nitrogen and oxygen atoms in total. The van der Waals surface area contributed by atoms with E-state index in [1.54, 1.807) is 0 Å². The van der Waals surface area contributed by atoms with Crippen LogP contribution in [0.15, 0.2) is 24.3 Å². The summed E-state index contributed by atoms with van der Waals surface area (Å²) in [6, 6.07) is 8.21. The zero-order valence-electron chi connectivity index (χ0n) is 13.0. The van der Waals surface area contributed by atoms with Crippen LogP contribution in [0.25, 0.3) is 0 Å². The fraction of sp³-hybridized carbons (Fsp3) is 0.588.